The summed E-state index contributed by atoms with van der Waals surface area (Å²) in [6.07, 6.45) is 3.01. The number of carbonyl (C=O) groups is 1. The lowest BCUT2D eigenvalue weighted by Crippen LogP contribution is -2.49. The molecule has 3 aliphatic heterocycles. The van der Waals surface area contributed by atoms with Gasteiger partial charge in [-0.05, 0) is 43.4 Å². The Balaban J connectivity index is 1.42. The number of anilines is 1. The molecule has 2 atom stereocenters. The Morgan fingerprint density at radius 2 is 1.87 bits per heavy atom. The van der Waals surface area contributed by atoms with E-state index in [9.17, 15) is 19.7 Å². The molecule has 1 amide bonds. The summed E-state index contributed by atoms with van der Waals surface area (Å²) >= 11 is 0. The van der Waals surface area contributed by atoms with Gasteiger partial charge in [0.15, 0.2) is 0 Å². The Kier molecular flexibility index (Phi) is 4.56. The minimum atomic E-state index is -0.391. The number of aromatic nitrogens is 1. The molecule has 2 aromatic rings. The van der Waals surface area contributed by atoms with E-state index in [0.717, 1.165) is 38.0 Å². The lowest BCUT2D eigenvalue weighted by molar-refractivity contribution is -0.384. The third-order valence-electron chi connectivity index (χ3n) is 6.63. The standard InChI is InChI=1S/C22H24N4O4/c27-21-5-3-4-18-17-10-15(13-25(18)21)12-24(14-17)22(28)16-6-7-19(20(11-16)26(29)30)23-8-1-2-9-23/h3-7,11,15,17H,1-2,8-10,12-14H2. The molecule has 0 spiro atoms. The molecule has 1 aromatic carbocycles. The second kappa shape index (κ2) is 7.27. The molecular formula is C22H24N4O4. The maximum atomic E-state index is 13.2. The molecule has 0 N–H and O–H groups in total. The number of rotatable bonds is 3. The number of likely N-dealkylation sites (tertiary alicyclic amines) is 1. The van der Waals surface area contributed by atoms with Crippen molar-refractivity contribution in [3.05, 3.63) is 68.1 Å². The van der Waals surface area contributed by atoms with Gasteiger partial charge in [-0.3, -0.25) is 19.7 Å². The van der Waals surface area contributed by atoms with Crippen LogP contribution in [-0.2, 0) is 6.54 Å². The highest BCUT2D eigenvalue weighted by atomic mass is 16.6. The van der Waals surface area contributed by atoms with Gasteiger partial charge in [0.2, 0.25) is 0 Å². The Morgan fingerprint density at radius 1 is 1.07 bits per heavy atom. The summed E-state index contributed by atoms with van der Waals surface area (Å²) in [5.74, 6) is 0.167. The molecule has 8 heteroatoms. The normalized spacial score (nSPS) is 22.7. The number of nitro benzene ring substituents is 1. The second-order valence-corrected chi connectivity index (χ2v) is 8.56. The smallest absolute Gasteiger partial charge is 0.293 e. The van der Waals surface area contributed by atoms with Gasteiger partial charge >= 0.3 is 0 Å². The first-order valence-corrected chi connectivity index (χ1v) is 10.5. The Bertz CT molecular complexity index is 1070. The van der Waals surface area contributed by atoms with Gasteiger partial charge in [0, 0.05) is 62.0 Å². The molecule has 2 fully saturated rings. The fraction of sp³-hybridized carbons (Fsp3) is 0.455. The molecule has 30 heavy (non-hydrogen) atoms. The van der Waals surface area contributed by atoms with Crippen molar-refractivity contribution in [1.29, 1.82) is 0 Å². The van der Waals surface area contributed by atoms with Crippen molar-refractivity contribution in [2.24, 2.45) is 5.92 Å². The maximum absolute atomic E-state index is 13.2. The number of fused-ring (bicyclic) bond motifs is 4. The summed E-state index contributed by atoms with van der Waals surface area (Å²) in [6, 6.07) is 10.2. The highest BCUT2D eigenvalue weighted by molar-refractivity contribution is 5.96. The molecular weight excluding hydrogens is 384 g/mol. The zero-order valence-electron chi connectivity index (χ0n) is 16.7. The van der Waals surface area contributed by atoms with Crippen LogP contribution in [0.25, 0.3) is 0 Å². The van der Waals surface area contributed by atoms with E-state index in [1.54, 1.807) is 29.2 Å². The molecule has 0 saturated carbocycles. The van der Waals surface area contributed by atoms with E-state index < -0.39 is 4.92 Å². The molecule has 8 nitrogen and oxygen atoms in total. The van der Waals surface area contributed by atoms with E-state index in [1.807, 2.05) is 15.5 Å². The van der Waals surface area contributed by atoms with Crippen LogP contribution in [0.5, 0.6) is 0 Å². The zero-order valence-corrected chi connectivity index (χ0v) is 16.7. The summed E-state index contributed by atoms with van der Waals surface area (Å²) in [4.78, 5) is 40.5. The number of nitro groups is 1. The van der Waals surface area contributed by atoms with Crippen molar-refractivity contribution in [3.8, 4) is 0 Å². The summed E-state index contributed by atoms with van der Waals surface area (Å²) < 4.78 is 1.83. The summed E-state index contributed by atoms with van der Waals surface area (Å²) in [5.41, 5.74) is 1.94. The number of hydrogen-bond acceptors (Lipinski definition) is 5. The van der Waals surface area contributed by atoms with Crippen LogP contribution in [0.4, 0.5) is 11.4 Å². The van der Waals surface area contributed by atoms with Gasteiger partial charge in [0.05, 0.1) is 4.92 Å². The van der Waals surface area contributed by atoms with E-state index in [-0.39, 0.29) is 29.0 Å². The zero-order chi connectivity index (χ0) is 20.8. The van der Waals surface area contributed by atoms with Gasteiger partial charge in [-0.15, -0.1) is 0 Å². The van der Waals surface area contributed by atoms with E-state index in [2.05, 4.69) is 0 Å². The number of piperidine rings is 1. The Morgan fingerprint density at radius 3 is 2.63 bits per heavy atom. The van der Waals surface area contributed by atoms with Crippen molar-refractivity contribution in [1.82, 2.24) is 9.47 Å². The SMILES string of the molecule is O=C(c1ccc(N2CCCC2)c([N+](=O)[O-])c1)N1CC2CC(C1)c1cccc(=O)n1C2. The van der Waals surface area contributed by atoms with Gasteiger partial charge in [0.25, 0.3) is 17.2 Å². The van der Waals surface area contributed by atoms with Gasteiger partial charge in [0.1, 0.15) is 5.69 Å². The largest absolute Gasteiger partial charge is 0.366 e. The third-order valence-corrected chi connectivity index (χ3v) is 6.63. The van der Waals surface area contributed by atoms with Crippen molar-refractivity contribution in [2.75, 3.05) is 31.1 Å². The van der Waals surface area contributed by atoms with Crippen molar-refractivity contribution < 1.29 is 9.72 Å². The topological polar surface area (TPSA) is 88.7 Å². The summed E-state index contributed by atoms with van der Waals surface area (Å²) in [6.45, 7) is 3.33. The van der Waals surface area contributed by atoms with Crippen molar-refractivity contribution >= 4 is 17.3 Å². The lowest BCUT2D eigenvalue weighted by atomic mass is 9.83. The summed E-state index contributed by atoms with van der Waals surface area (Å²) in [5, 5.41) is 11.7. The van der Waals surface area contributed by atoms with Gasteiger partial charge in [-0.1, -0.05) is 6.07 Å². The van der Waals surface area contributed by atoms with Crippen LogP contribution in [0.2, 0.25) is 0 Å². The predicted molar refractivity (Wildman–Crippen MR) is 112 cm³/mol. The van der Waals surface area contributed by atoms with E-state index >= 15 is 0 Å². The fourth-order valence-electron chi connectivity index (χ4n) is 5.27. The average Bonchev–Trinajstić information content (AvgIpc) is 3.28. The Labute approximate surface area is 173 Å². The molecule has 0 aliphatic carbocycles. The summed E-state index contributed by atoms with van der Waals surface area (Å²) in [7, 11) is 0. The minimum Gasteiger partial charge on any atom is -0.366 e. The predicted octanol–water partition coefficient (Wildman–Crippen LogP) is 2.62. The van der Waals surface area contributed by atoms with Crippen LogP contribution in [0.3, 0.4) is 0 Å². The van der Waals surface area contributed by atoms with E-state index in [1.165, 1.54) is 6.07 Å². The number of amides is 1. The first-order chi connectivity index (χ1) is 14.5. The fourth-order valence-corrected chi connectivity index (χ4v) is 5.27. The molecule has 2 unspecified atom stereocenters. The highest BCUT2D eigenvalue weighted by Gasteiger charge is 2.37. The maximum Gasteiger partial charge on any atom is 0.293 e. The minimum absolute atomic E-state index is 0.00292. The third kappa shape index (κ3) is 3.16. The number of pyridine rings is 1. The van der Waals surface area contributed by atoms with Crippen LogP contribution >= 0.6 is 0 Å². The van der Waals surface area contributed by atoms with Gasteiger partial charge in [-0.25, -0.2) is 0 Å². The molecule has 1 aromatic heterocycles. The average molecular weight is 408 g/mol. The number of hydrogen-bond donors (Lipinski definition) is 0. The van der Waals surface area contributed by atoms with Crippen LogP contribution in [0, 0.1) is 16.0 Å². The molecule has 2 saturated heterocycles. The van der Waals surface area contributed by atoms with Gasteiger partial charge < -0.3 is 14.4 Å². The molecule has 4 heterocycles. The van der Waals surface area contributed by atoms with Crippen LogP contribution < -0.4 is 10.5 Å². The lowest BCUT2D eigenvalue weighted by Gasteiger charge is -2.42. The van der Waals surface area contributed by atoms with Crippen molar-refractivity contribution in [2.45, 2.75) is 31.7 Å². The number of benzene rings is 1. The molecule has 3 aliphatic rings. The van der Waals surface area contributed by atoms with Crippen LogP contribution in [-0.4, -0.2) is 46.5 Å². The van der Waals surface area contributed by atoms with Gasteiger partial charge in [-0.2, -0.15) is 0 Å². The first-order valence-electron chi connectivity index (χ1n) is 10.5. The quantitative estimate of drug-likeness (QED) is 0.575. The Hall–Kier alpha value is -3.16. The molecule has 0 radical (unpaired) electrons. The molecule has 156 valence electrons. The number of nitrogens with zero attached hydrogens (tertiary/aromatic N) is 4. The van der Waals surface area contributed by atoms with Crippen molar-refractivity contribution in [3.63, 3.8) is 0 Å². The monoisotopic (exact) mass is 408 g/mol. The number of carbonyl (C=O) groups excluding carboxylic acids is 1. The first kappa shape index (κ1) is 18.8. The van der Waals surface area contributed by atoms with Crippen LogP contribution in [0.15, 0.2) is 41.2 Å². The van der Waals surface area contributed by atoms with E-state index in [0.29, 0.717) is 30.9 Å². The molecule has 5 rings (SSSR count). The molecule has 2 bridgehead atoms. The van der Waals surface area contributed by atoms with E-state index in [4.69, 9.17) is 0 Å². The van der Waals surface area contributed by atoms with Crippen LogP contribution in [0.1, 0.15) is 41.2 Å². The second-order valence-electron chi connectivity index (χ2n) is 8.56. The highest BCUT2D eigenvalue weighted by Crippen LogP contribution is 2.36.